The van der Waals surface area contributed by atoms with Gasteiger partial charge in [0.25, 0.3) is 0 Å². The van der Waals surface area contributed by atoms with E-state index >= 15 is 0 Å². The van der Waals surface area contributed by atoms with Gasteiger partial charge in [0, 0.05) is 22.8 Å². The van der Waals surface area contributed by atoms with Gasteiger partial charge in [-0.05, 0) is 43.7 Å². The third-order valence-electron chi connectivity index (χ3n) is 3.59. The molecule has 3 aromatic rings. The van der Waals surface area contributed by atoms with E-state index in [1.807, 2.05) is 74.5 Å². The molecule has 5 heteroatoms. The van der Waals surface area contributed by atoms with Crippen LogP contribution in [0.15, 0.2) is 60.7 Å². The Balaban J connectivity index is 1.67. The minimum atomic E-state index is -0.0500. The van der Waals surface area contributed by atoms with Crippen molar-refractivity contribution in [2.75, 3.05) is 10.6 Å². The Morgan fingerprint density at radius 2 is 1.56 bits per heavy atom. The smallest absolute Gasteiger partial charge is 0.228 e. The Labute approximate surface area is 147 Å². The Morgan fingerprint density at radius 3 is 2.28 bits per heavy atom. The first-order chi connectivity index (χ1) is 12.1. The fraction of sp³-hybridized carbons (Fsp3) is 0.150. The fourth-order valence-electron chi connectivity index (χ4n) is 2.57. The Bertz CT molecular complexity index is 858. The summed E-state index contributed by atoms with van der Waals surface area (Å²) < 4.78 is 0. The van der Waals surface area contributed by atoms with Crippen LogP contribution >= 0.6 is 0 Å². The van der Waals surface area contributed by atoms with Crippen LogP contribution in [-0.4, -0.2) is 15.9 Å². The SMILES string of the molecule is Cc1cc(C)nc(Nc2cccc(NC(=O)Cc3ccccc3)c2)n1. The van der Waals surface area contributed by atoms with E-state index in [1.54, 1.807) is 0 Å². The molecule has 1 aromatic heterocycles. The molecule has 0 aliphatic rings. The zero-order valence-corrected chi connectivity index (χ0v) is 14.3. The molecule has 1 amide bonds. The number of aromatic nitrogens is 2. The number of carbonyl (C=O) groups is 1. The van der Waals surface area contributed by atoms with Crippen LogP contribution in [0, 0.1) is 13.8 Å². The van der Waals surface area contributed by atoms with Crippen LogP contribution in [0.4, 0.5) is 17.3 Å². The Kier molecular flexibility index (Phi) is 5.04. The van der Waals surface area contributed by atoms with Gasteiger partial charge in [-0.15, -0.1) is 0 Å². The molecule has 2 aromatic carbocycles. The van der Waals surface area contributed by atoms with Crippen LogP contribution < -0.4 is 10.6 Å². The molecule has 25 heavy (non-hydrogen) atoms. The van der Waals surface area contributed by atoms with E-state index in [1.165, 1.54) is 0 Å². The molecular weight excluding hydrogens is 312 g/mol. The molecule has 0 aliphatic heterocycles. The number of anilines is 3. The second-order valence-electron chi connectivity index (χ2n) is 5.89. The van der Waals surface area contributed by atoms with E-state index in [0.29, 0.717) is 12.4 Å². The standard InChI is InChI=1S/C20H20N4O/c1-14-11-15(2)22-20(21-14)24-18-10-6-9-17(13-18)23-19(25)12-16-7-4-3-5-8-16/h3-11,13H,12H2,1-2H3,(H,23,25)(H,21,22,24). The first-order valence-corrected chi connectivity index (χ1v) is 8.12. The molecule has 0 saturated heterocycles. The Morgan fingerprint density at radius 1 is 0.880 bits per heavy atom. The summed E-state index contributed by atoms with van der Waals surface area (Å²) in [6, 6.07) is 19.1. The van der Waals surface area contributed by atoms with Crippen LogP contribution in [0.1, 0.15) is 17.0 Å². The molecule has 0 bridgehead atoms. The molecule has 1 heterocycles. The van der Waals surface area contributed by atoms with Crippen LogP contribution in [-0.2, 0) is 11.2 Å². The van der Waals surface area contributed by atoms with Crippen molar-refractivity contribution >= 4 is 23.2 Å². The highest BCUT2D eigenvalue weighted by Crippen LogP contribution is 2.19. The van der Waals surface area contributed by atoms with Crippen LogP contribution in [0.2, 0.25) is 0 Å². The van der Waals surface area contributed by atoms with Crippen LogP contribution in [0.25, 0.3) is 0 Å². The molecule has 0 unspecified atom stereocenters. The van der Waals surface area contributed by atoms with Crippen molar-refractivity contribution in [1.29, 1.82) is 0 Å². The lowest BCUT2D eigenvalue weighted by Gasteiger charge is -2.09. The number of benzene rings is 2. The molecule has 0 atom stereocenters. The lowest BCUT2D eigenvalue weighted by molar-refractivity contribution is -0.115. The average Bonchev–Trinajstić information content (AvgIpc) is 2.55. The molecule has 2 N–H and O–H groups in total. The van der Waals surface area contributed by atoms with Crippen molar-refractivity contribution in [3.8, 4) is 0 Å². The molecule has 0 fully saturated rings. The van der Waals surface area contributed by atoms with E-state index in [4.69, 9.17) is 0 Å². The lowest BCUT2D eigenvalue weighted by atomic mass is 10.1. The summed E-state index contributed by atoms with van der Waals surface area (Å²) in [7, 11) is 0. The summed E-state index contributed by atoms with van der Waals surface area (Å²) in [5.74, 6) is 0.497. The van der Waals surface area contributed by atoms with Crippen LogP contribution in [0.3, 0.4) is 0 Å². The van der Waals surface area contributed by atoms with Gasteiger partial charge in [-0.3, -0.25) is 4.79 Å². The number of rotatable bonds is 5. The molecule has 126 valence electrons. The highest BCUT2D eigenvalue weighted by atomic mass is 16.1. The van der Waals surface area contributed by atoms with Gasteiger partial charge in [0.1, 0.15) is 0 Å². The maximum Gasteiger partial charge on any atom is 0.228 e. The molecule has 0 aliphatic carbocycles. The van der Waals surface area contributed by atoms with Gasteiger partial charge in [0.05, 0.1) is 6.42 Å². The predicted octanol–water partition coefficient (Wildman–Crippen LogP) is 4.02. The topological polar surface area (TPSA) is 66.9 Å². The maximum atomic E-state index is 12.2. The van der Waals surface area contributed by atoms with Gasteiger partial charge in [0.15, 0.2) is 0 Å². The van der Waals surface area contributed by atoms with Crippen molar-refractivity contribution in [2.45, 2.75) is 20.3 Å². The largest absolute Gasteiger partial charge is 0.326 e. The number of amides is 1. The summed E-state index contributed by atoms with van der Waals surface area (Å²) in [6.45, 7) is 3.86. The number of nitrogens with zero attached hydrogens (tertiary/aromatic N) is 2. The number of hydrogen-bond donors (Lipinski definition) is 2. The average molecular weight is 332 g/mol. The summed E-state index contributed by atoms with van der Waals surface area (Å²) in [5, 5.41) is 6.09. The van der Waals surface area contributed by atoms with Crippen molar-refractivity contribution in [3.05, 3.63) is 77.6 Å². The maximum absolute atomic E-state index is 12.2. The third kappa shape index (κ3) is 4.88. The minimum absolute atomic E-state index is 0.0500. The highest BCUT2D eigenvalue weighted by molar-refractivity contribution is 5.92. The second kappa shape index (κ2) is 7.57. The van der Waals surface area contributed by atoms with Crippen molar-refractivity contribution in [2.24, 2.45) is 0 Å². The van der Waals surface area contributed by atoms with E-state index in [0.717, 1.165) is 28.3 Å². The molecule has 0 spiro atoms. The molecular formula is C20H20N4O. The molecule has 0 radical (unpaired) electrons. The first kappa shape index (κ1) is 16.6. The van der Waals surface area contributed by atoms with E-state index in [9.17, 15) is 4.79 Å². The summed E-state index contributed by atoms with van der Waals surface area (Å²) in [5.41, 5.74) is 4.35. The van der Waals surface area contributed by atoms with Gasteiger partial charge in [-0.1, -0.05) is 36.4 Å². The molecule has 3 rings (SSSR count). The minimum Gasteiger partial charge on any atom is -0.326 e. The van der Waals surface area contributed by atoms with Gasteiger partial charge in [-0.2, -0.15) is 0 Å². The van der Waals surface area contributed by atoms with Gasteiger partial charge < -0.3 is 10.6 Å². The van der Waals surface area contributed by atoms with Gasteiger partial charge >= 0.3 is 0 Å². The van der Waals surface area contributed by atoms with Crippen LogP contribution in [0.5, 0.6) is 0 Å². The fourth-order valence-corrected chi connectivity index (χ4v) is 2.57. The number of aryl methyl sites for hydroxylation is 2. The molecule has 0 saturated carbocycles. The van der Waals surface area contributed by atoms with E-state index in [2.05, 4.69) is 20.6 Å². The lowest BCUT2D eigenvalue weighted by Crippen LogP contribution is -2.14. The third-order valence-corrected chi connectivity index (χ3v) is 3.59. The Hall–Kier alpha value is -3.21. The van der Waals surface area contributed by atoms with Gasteiger partial charge in [0.2, 0.25) is 11.9 Å². The first-order valence-electron chi connectivity index (χ1n) is 8.12. The van der Waals surface area contributed by atoms with E-state index < -0.39 is 0 Å². The zero-order chi connectivity index (χ0) is 17.6. The van der Waals surface area contributed by atoms with Crippen molar-refractivity contribution < 1.29 is 4.79 Å². The second-order valence-corrected chi connectivity index (χ2v) is 5.89. The number of carbonyl (C=O) groups excluding carboxylic acids is 1. The monoisotopic (exact) mass is 332 g/mol. The van der Waals surface area contributed by atoms with Gasteiger partial charge in [-0.25, -0.2) is 9.97 Å². The van der Waals surface area contributed by atoms with Crippen molar-refractivity contribution in [1.82, 2.24) is 9.97 Å². The molecule has 5 nitrogen and oxygen atoms in total. The van der Waals surface area contributed by atoms with Crippen molar-refractivity contribution in [3.63, 3.8) is 0 Å². The summed E-state index contributed by atoms with van der Waals surface area (Å²) in [4.78, 5) is 20.9. The van der Waals surface area contributed by atoms with E-state index in [-0.39, 0.29) is 5.91 Å². The zero-order valence-electron chi connectivity index (χ0n) is 14.3. The number of hydrogen-bond acceptors (Lipinski definition) is 4. The normalized spacial score (nSPS) is 10.3. The highest BCUT2D eigenvalue weighted by Gasteiger charge is 2.05. The summed E-state index contributed by atoms with van der Waals surface area (Å²) in [6.07, 6.45) is 0.346. The predicted molar refractivity (Wildman–Crippen MR) is 100 cm³/mol. The number of nitrogens with one attached hydrogen (secondary N) is 2. The summed E-state index contributed by atoms with van der Waals surface area (Å²) >= 11 is 0. The quantitative estimate of drug-likeness (QED) is 0.740.